The number of nitrogens with zero attached hydrogens (tertiary/aromatic N) is 2. The molecule has 0 amide bonds. The average molecular weight is 252 g/mol. The fourth-order valence-corrected chi connectivity index (χ4v) is 1.72. The Morgan fingerprint density at radius 2 is 2.28 bits per heavy atom. The van der Waals surface area contributed by atoms with Gasteiger partial charge >= 0.3 is 5.97 Å². The van der Waals surface area contributed by atoms with Crippen molar-refractivity contribution in [2.45, 2.75) is 26.5 Å². The number of ether oxygens (including phenoxy) is 1. The Labute approximate surface area is 107 Å². The van der Waals surface area contributed by atoms with E-state index in [2.05, 4.69) is 4.98 Å². The van der Waals surface area contributed by atoms with Crippen LogP contribution >= 0.6 is 0 Å². The zero-order valence-electron chi connectivity index (χ0n) is 11.1. The van der Waals surface area contributed by atoms with E-state index >= 15 is 0 Å². The molecule has 0 aliphatic heterocycles. The fraction of sp³-hybridized carbons (Fsp3) is 0.538. The molecule has 100 valence electrons. The lowest BCUT2D eigenvalue weighted by Crippen LogP contribution is -2.36. The van der Waals surface area contributed by atoms with Crippen LogP contribution < -0.4 is 0 Å². The summed E-state index contributed by atoms with van der Waals surface area (Å²) in [4.78, 5) is 17.2. The van der Waals surface area contributed by atoms with Gasteiger partial charge in [0.1, 0.15) is 0 Å². The van der Waals surface area contributed by atoms with Gasteiger partial charge in [-0.2, -0.15) is 0 Å². The summed E-state index contributed by atoms with van der Waals surface area (Å²) in [6, 6.07) is 5.81. The van der Waals surface area contributed by atoms with E-state index in [1.165, 1.54) is 0 Å². The number of carbonyl (C=O) groups is 1. The minimum absolute atomic E-state index is 0.346. The van der Waals surface area contributed by atoms with Crippen LogP contribution in [-0.4, -0.2) is 47.3 Å². The lowest BCUT2D eigenvalue weighted by Gasteiger charge is -2.21. The van der Waals surface area contributed by atoms with Crippen molar-refractivity contribution in [1.29, 1.82) is 0 Å². The van der Waals surface area contributed by atoms with Crippen LogP contribution in [0.4, 0.5) is 0 Å². The maximum Gasteiger partial charge on any atom is 0.334 e. The zero-order chi connectivity index (χ0) is 13.5. The van der Waals surface area contributed by atoms with Crippen molar-refractivity contribution < 1.29 is 14.6 Å². The Morgan fingerprint density at radius 1 is 1.56 bits per heavy atom. The highest BCUT2D eigenvalue weighted by Crippen LogP contribution is 2.04. The van der Waals surface area contributed by atoms with Crippen LogP contribution in [0.5, 0.6) is 0 Å². The number of likely N-dealkylation sites (N-methyl/N-ethyl adjacent to an activating group) is 1. The van der Waals surface area contributed by atoms with Crippen LogP contribution in [0, 0.1) is 6.92 Å². The minimum Gasteiger partial charge on any atom is -0.479 e. The molecular weight excluding hydrogens is 232 g/mol. The smallest absolute Gasteiger partial charge is 0.334 e. The second-order valence-electron chi connectivity index (χ2n) is 4.25. The molecule has 0 saturated heterocycles. The Bertz CT molecular complexity index is 396. The van der Waals surface area contributed by atoms with Gasteiger partial charge in [0.05, 0.1) is 5.69 Å². The monoisotopic (exact) mass is 252 g/mol. The van der Waals surface area contributed by atoms with E-state index < -0.39 is 12.1 Å². The third-order valence-corrected chi connectivity index (χ3v) is 2.50. The molecular formula is C13H20N2O3. The van der Waals surface area contributed by atoms with E-state index in [-0.39, 0.29) is 0 Å². The summed E-state index contributed by atoms with van der Waals surface area (Å²) >= 11 is 0. The van der Waals surface area contributed by atoms with Gasteiger partial charge in [0.25, 0.3) is 0 Å². The summed E-state index contributed by atoms with van der Waals surface area (Å²) in [5, 5.41) is 9.00. The number of hydrogen-bond acceptors (Lipinski definition) is 4. The van der Waals surface area contributed by atoms with Crippen LogP contribution in [0.3, 0.4) is 0 Å². The highest BCUT2D eigenvalue weighted by molar-refractivity contribution is 5.72. The summed E-state index contributed by atoms with van der Waals surface area (Å²) in [6.45, 7) is 5.08. The zero-order valence-corrected chi connectivity index (χ0v) is 11.1. The summed E-state index contributed by atoms with van der Waals surface area (Å²) < 4.78 is 5.17. The predicted molar refractivity (Wildman–Crippen MR) is 68.4 cm³/mol. The van der Waals surface area contributed by atoms with Gasteiger partial charge in [-0.15, -0.1) is 0 Å². The van der Waals surface area contributed by atoms with Crippen molar-refractivity contribution in [2.75, 3.05) is 20.2 Å². The Balaban J connectivity index is 2.54. The topological polar surface area (TPSA) is 62.7 Å². The van der Waals surface area contributed by atoms with Gasteiger partial charge in [0, 0.05) is 25.4 Å². The minimum atomic E-state index is -0.930. The molecule has 0 bridgehead atoms. The molecule has 1 aromatic rings. The molecule has 18 heavy (non-hydrogen) atoms. The van der Waals surface area contributed by atoms with E-state index in [4.69, 9.17) is 9.84 Å². The molecule has 1 atom stereocenters. The van der Waals surface area contributed by atoms with E-state index in [9.17, 15) is 4.79 Å². The van der Waals surface area contributed by atoms with E-state index in [0.29, 0.717) is 19.7 Å². The van der Waals surface area contributed by atoms with Crippen molar-refractivity contribution in [2.24, 2.45) is 0 Å². The van der Waals surface area contributed by atoms with Crippen LogP contribution in [-0.2, 0) is 16.1 Å². The first kappa shape index (κ1) is 14.6. The van der Waals surface area contributed by atoms with Crippen molar-refractivity contribution in [1.82, 2.24) is 9.88 Å². The third-order valence-electron chi connectivity index (χ3n) is 2.50. The lowest BCUT2D eigenvalue weighted by atomic mass is 10.2. The first-order valence-electron chi connectivity index (χ1n) is 5.98. The van der Waals surface area contributed by atoms with E-state index in [1.807, 2.05) is 37.1 Å². The molecule has 5 nitrogen and oxygen atoms in total. The number of aliphatic carboxylic acids is 1. The van der Waals surface area contributed by atoms with Crippen molar-refractivity contribution in [3.8, 4) is 0 Å². The van der Waals surface area contributed by atoms with Crippen LogP contribution in [0.1, 0.15) is 18.3 Å². The molecule has 0 aliphatic carbocycles. The summed E-state index contributed by atoms with van der Waals surface area (Å²) in [6.07, 6.45) is -0.787. The van der Waals surface area contributed by atoms with E-state index in [1.54, 1.807) is 6.92 Å². The van der Waals surface area contributed by atoms with Crippen LogP contribution in [0.2, 0.25) is 0 Å². The van der Waals surface area contributed by atoms with Gasteiger partial charge in [0.15, 0.2) is 6.10 Å². The number of pyridine rings is 1. The number of carboxylic acids is 1. The van der Waals surface area contributed by atoms with Crippen LogP contribution in [0.25, 0.3) is 0 Å². The molecule has 1 aromatic heterocycles. The molecule has 0 fully saturated rings. The van der Waals surface area contributed by atoms with Gasteiger partial charge < -0.3 is 9.84 Å². The number of carboxylic acid groups (broad SMARTS) is 1. The second-order valence-corrected chi connectivity index (χ2v) is 4.25. The summed E-state index contributed by atoms with van der Waals surface area (Å²) in [7, 11) is 1.86. The molecule has 0 saturated carbocycles. The largest absolute Gasteiger partial charge is 0.479 e. The third kappa shape index (κ3) is 4.81. The van der Waals surface area contributed by atoms with Gasteiger partial charge in [-0.3, -0.25) is 9.88 Å². The average Bonchev–Trinajstić information content (AvgIpc) is 2.28. The first-order chi connectivity index (χ1) is 8.52. The van der Waals surface area contributed by atoms with Crippen LogP contribution in [0.15, 0.2) is 18.2 Å². The molecule has 0 aliphatic rings. The highest BCUT2D eigenvalue weighted by Gasteiger charge is 2.19. The summed E-state index contributed by atoms with van der Waals surface area (Å²) in [5.41, 5.74) is 1.89. The lowest BCUT2D eigenvalue weighted by molar-refractivity contribution is -0.151. The molecule has 5 heteroatoms. The van der Waals surface area contributed by atoms with Gasteiger partial charge in [-0.25, -0.2) is 4.79 Å². The number of rotatable bonds is 7. The molecule has 1 N–H and O–H groups in total. The van der Waals surface area contributed by atoms with Crippen molar-refractivity contribution >= 4 is 5.97 Å². The molecule has 1 rings (SSSR count). The molecule has 1 heterocycles. The maximum atomic E-state index is 11.0. The molecule has 0 radical (unpaired) electrons. The van der Waals surface area contributed by atoms with Gasteiger partial charge in [0.2, 0.25) is 0 Å². The van der Waals surface area contributed by atoms with Crippen molar-refractivity contribution in [3.05, 3.63) is 29.6 Å². The Morgan fingerprint density at radius 3 is 2.83 bits per heavy atom. The molecule has 1 unspecified atom stereocenters. The number of aryl methyl sites for hydroxylation is 1. The SMILES string of the molecule is CCOC(CN(C)Cc1cccc(C)n1)C(=O)O. The number of aromatic nitrogens is 1. The van der Waals surface area contributed by atoms with Gasteiger partial charge in [-0.05, 0) is 33.0 Å². The summed E-state index contributed by atoms with van der Waals surface area (Å²) in [5.74, 6) is -0.930. The molecule has 0 aromatic carbocycles. The maximum absolute atomic E-state index is 11.0. The second kappa shape index (κ2) is 7.08. The van der Waals surface area contributed by atoms with Gasteiger partial charge in [-0.1, -0.05) is 6.07 Å². The van der Waals surface area contributed by atoms with Crippen molar-refractivity contribution in [3.63, 3.8) is 0 Å². The standard InChI is InChI=1S/C13H20N2O3/c1-4-18-12(13(16)17)9-15(3)8-11-7-5-6-10(2)14-11/h5-7,12H,4,8-9H2,1-3H3,(H,16,17). The van der Waals surface area contributed by atoms with E-state index in [0.717, 1.165) is 11.4 Å². The first-order valence-corrected chi connectivity index (χ1v) is 5.98. The highest BCUT2D eigenvalue weighted by atomic mass is 16.5. The predicted octanol–water partition coefficient (Wildman–Crippen LogP) is 1.31. The fourth-order valence-electron chi connectivity index (χ4n) is 1.72. The Hall–Kier alpha value is -1.46. The quantitative estimate of drug-likeness (QED) is 0.792. The number of hydrogen-bond donors (Lipinski definition) is 1. The Kier molecular flexibility index (Phi) is 5.74. The normalized spacial score (nSPS) is 12.7. The molecule has 0 spiro atoms.